The molecular weight excluding hydrogens is 430 g/mol. The zero-order valence-corrected chi connectivity index (χ0v) is 16.4. The molecule has 30 heavy (non-hydrogen) atoms. The summed E-state index contributed by atoms with van der Waals surface area (Å²) in [6.45, 7) is 0. The number of aromatic nitrogens is 8. The highest BCUT2D eigenvalue weighted by Gasteiger charge is 2.58. The molecule has 1 aliphatic rings. The first-order valence-corrected chi connectivity index (χ1v) is 10.2. The Morgan fingerprint density at radius 3 is 2.80 bits per heavy atom. The van der Waals surface area contributed by atoms with Crippen LogP contribution in [0, 0.1) is 0 Å². The number of oxazole rings is 1. The van der Waals surface area contributed by atoms with E-state index in [9.17, 15) is 0 Å². The van der Waals surface area contributed by atoms with Crippen molar-refractivity contribution >= 4 is 40.1 Å². The Labute approximate surface area is 175 Å². The van der Waals surface area contributed by atoms with Gasteiger partial charge in [0.1, 0.15) is 18.2 Å². The first-order valence-electron chi connectivity index (χ1n) is 8.45. The van der Waals surface area contributed by atoms with Crippen LogP contribution in [0.1, 0.15) is 22.3 Å². The minimum atomic E-state index is -1.40. The molecule has 0 fully saturated rings. The van der Waals surface area contributed by atoms with Crippen LogP contribution in [0.25, 0.3) is 11.5 Å². The van der Waals surface area contributed by atoms with E-state index in [-0.39, 0.29) is 0 Å². The molecule has 14 heteroatoms. The fraction of sp³-hybridized carbons (Fsp3) is 0.0625. The monoisotopic (exact) mass is 439 g/mol. The summed E-state index contributed by atoms with van der Waals surface area (Å²) in [6.07, 6.45) is 7.71. The Morgan fingerprint density at radius 2 is 2.13 bits per heavy atom. The summed E-state index contributed by atoms with van der Waals surface area (Å²) in [5, 5.41) is 23.6. The molecule has 12 nitrogen and oxygen atoms in total. The Kier molecular flexibility index (Phi) is 3.72. The van der Waals surface area contributed by atoms with Gasteiger partial charge in [0.25, 0.3) is 5.72 Å². The lowest BCUT2D eigenvalue weighted by atomic mass is 10.0. The molecule has 0 amide bonds. The van der Waals surface area contributed by atoms with Crippen molar-refractivity contribution in [2.45, 2.75) is 5.72 Å². The number of rotatable bonds is 5. The standard InChI is InChI=1S/C16H9N9O3S2/c1-4-27-22-11(1)25-12(14-17-2-5-26-14)13(15-18-3-6-29-15)28-16(25,9-7-19-23-20-9)10-8-30-24-21-10/h1-8H,(H,19,20,23). The van der Waals surface area contributed by atoms with Crippen LogP contribution in [0.4, 0.5) is 5.82 Å². The van der Waals surface area contributed by atoms with Crippen molar-refractivity contribution in [2.24, 2.45) is 0 Å². The summed E-state index contributed by atoms with van der Waals surface area (Å²) >= 11 is 2.58. The molecule has 1 atom stereocenters. The van der Waals surface area contributed by atoms with Gasteiger partial charge in [-0.15, -0.1) is 16.4 Å². The third kappa shape index (κ3) is 2.34. The number of aromatic amines is 1. The number of hydrogen-bond acceptors (Lipinski definition) is 13. The van der Waals surface area contributed by atoms with E-state index in [1.165, 1.54) is 35.4 Å². The first kappa shape index (κ1) is 17.0. The third-order valence-electron chi connectivity index (χ3n) is 4.39. The average molecular weight is 439 g/mol. The maximum Gasteiger partial charge on any atom is 0.281 e. The van der Waals surface area contributed by atoms with Gasteiger partial charge in [-0.3, -0.25) is 4.90 Å². The summed E-state index contributed by atoms with van der Waals surface area (Å²) in [7, 11) is 0. The van der Waals surface area contributed by atoms with Crippen LogP contribution in [0.15, 0.2) is 56.9 Å². The molecule has 0 aliphatic carbocycles. The van der Waals surface area contributed by atoms with Crippen molar-refractivity contribution in [1.29, 1.82) is 0 Å². The zero-order valence-electron chi connectivity index (χ0n) is 14.7. The summed E-state index contributed by atoms with van der Waals surface area (Å²) in [5.41, 5.74) is -0.0181. The van der Waals surface area contributed by atoms with Gasteiger partial charge in [-0.25, -0.2) is 9.97 Å². The second kappa shape index (κ2) is 6.57. The molecule has 1 unspecified atom stereocenters. The summed E-state index contributed by atoms with van der Waals surface area (Å²) < 4.78 is 21.4. The summed E-state index contributed by atoms with van der Waals surface area (Å²) in [5.74, 6) is 1.15. The molecule has 0 saturated carbocycles. The highest BCUT2D eigenvalue weighted by molar-refractivity contribution is 7.10. The fourth-order valence-corrected chi connectivity index (χ4v) is 4.36. The maximum absolute atomic E-state index is 6.61. The van der Waals surface area contributed by atoms with Crippen LogP contribution in [0.3, 0.4) is 0 Å². The molecule has 5 aromatic heterocycles. The summed E-state index contributed by atoms with van der Waals surface area (Å²) in [6, 6.07) is 1.69. The molecule has 0 aromatic carbocycles. The fourth-order valence-electron chi connectivity index (χ4n) is 3.25. The van der Waals surface area contributed by atoms with Crippen LogP contribution >= 0.6 is 22.9 Å². The number of thiazole rings is 1. The van der Waals surface area contributed by atoms with Gasteiger partial charge >= 0.3 is 0 Å². The lowest BCUT2D eigenvalue weighted by Crippen LogP contribution is -2.45. The molecule has 148 valence electrons. The number of anilines is 1. The number of ether oxygens (including phenoxy) is 1. The smallest absolute Gasteiger partial charge is 0.281 e. The van der Waals surface area contributed by atoms with Crippen molar-refractivity contribution in [2.75, 3.05) is 4.90 Å². The van der Waals surface area contributed by atoms with E-state index in [0.717, 1.165) is 0 Å². The molecule has 0 radical (unpaired) electrons. The van der Waals surface area contributed by atoms with Crippen molar-refractivity contribution < 1.29 is 13.7 Å². The van der Waals surface area contributed by atoms with Gasteiger partial charge in [0, 0.05) is 23.0 Å². The summed E-state index contributed by atoms with van der Waals surface area (Å²) in [4.78, 5) is 10.5. The zero-order chi connectivity index (χ0) is 20.0. The van der Waals surface area contributed by atoms with E-state index in [0.29, 0.717) is 39.6 Å². The second-order valence-corrected chi connectivity index (χ2v) is 7.44. The normalized spacial score (nSPS) is 18.9. The molecule has 6 rings (SSSR count). The molecule has 0 saturated heterocycles. The van der Waals surface area contributed by atoms with E-state index in [2.05, 4.69) is 40.1 Å². The lowest BCUT2D eigenvalue weighted by molar-refractivity contribution is 0.0924. The minimum Gasteiger partial charge on any atom is -0.450 e. The van der Waals surface area contributed by atoms with Crippen molar-refractivity contribution in [3.05, 3.63) is 70.2 Å². The van der Waals surface area contributed by atoms with E-state index in [1.54, 1.807) is 34.9 Å². The van der Waals surface area contributed by atoms with Crippen LogP contribution in [0.5, 0.6) is 0 Å². The van der Waals surface area contributed by atoms with Crippen LogP contribution in [0.2, 0.25) is 0 Å². The minimum absolute atomic E-state index is 0.303. The average Bonchev–Trinajstić information content (AvgIpc) is 3.62. The number of nitrogens with zero attached hydrogens (tertiary/aromatic N) is 8. The van der Waals surface area contributed by atoms with Crippen LogP contribution in [-0.4, -0.2) is 40.1 Å². The molecule has 0 spiro atoms. The predicted molar refractivity (Wildman–Crippen MR) is 103 cm³/mol. The second-order valence-electron chi connectivity index (χ2n) is 5.94. The van der Waals surface area contributed by atoms with Gasteiger partial charge < -0.3 is 13.7 Å². The Hall–Kier alpha value is -3.91. The van der Waals surface area contributed by atoms with Gasteiger partial charge in [-0.2, -0.15) is 15.4 Å². The van der Waals surface area contributed by atoms with Crippen molar-refractivity contribution in [1.82, 2.24) is 40.1 Å². The third-order valence-corrected chi connectivity index (χ3v) is 5.66. The molecule has 5 aromatic rings. The lowest BCUT2D eigenvalue weighted by Gasteiger charge is -2.34. The maximum atomic E-state index is 6.61. The molecule has 0 bridgehead atoms. The predicted octanol–water partition coefficient (Wildman–Crippen LogP) is 2.35. The molecule has 1 aliphatic heterocycles. The highest BCUT2D eigenvalue weighted by Crippen LogP contribution is 2.53. The van der Waals surface area contributed by atoms with Gasteiger partial charge in [0.05, 0.1) is 12.4 Å². The van der Waals surface area contributed by atoms with Crippen LogP contribution in [-0.2, 0) is 10.5 Å². The number of nitrogens with one attached hydrogen (secondary N) is 1. The highest BCUT2D eigenvalue weighted by atomic mass is 32.1. The van der Waals surface area contributed by atoms with Gasteiger partial charge in [0.15, 0.2) is 28.0 Å². The van der Waals surface area contributed by atoms with Crippen molar-refractivity contribution in [3.8, 4) is 0 Å². The largest absolute Gasteiger partial charge is 0.450 e. The quantitative estimate of drug-likeness (QED) is 0.430. The molecule has 1 N–H and O–H groups in total. The van der Waals surface area contributed by atoms with E-state index < -0.39 is 5.72 Å². The van der Waals surface area contributed by atoms with Gasteiger partial charge in [0.2, 0.25) is 5.89 Å². The van der Waals surface area contributed by atoms with Gasteiger partial charge in [-0.05, 0) is 11.5 Å². The van der Waals surface area contributed by atoms with E-state index in [1.807, 2.05) is 5.38 Å². The Bertz CT molecular complexity index is 1230. The number of hydrogen-bond donors (Lipinski definition) is 1. The van der Waals surface area contributed by atoms with E-state index >= 15 is 0 Å². The first-order chi connectivity index (χ1) is 14.9. The molecule has 6 heterocycles. The van der Waals surface area contributed by atoms with Gasteiger partial charge in [-0.1, -0.05) is 9.64 Å². The van der Waals surface area contributed by atoms with E-state index in [4.69, 9.17) is 13.7 Å². The SMILES string of the molecule is c1coc(C2=C(c3nccs3)OC(c3csnn3)(c3cn[nH]n3)N2c2ccon2)n1. The van der Waals surface area contributed by atoms with Crippen LogP contribution < -0.4 is 4.90 Å². The number of H-pyrrole nitrogens is 1. The topological polar surface area (TPSA) is 145 Å². The van der Waals surface area contributed by atoms with Crippen molar-refractivity contribution in [3.63, 3.8) is 0 Å². The Balaban J connectivity index is 1.70. The molecular formula is C16H9N9O3S2. The Morgan fingerprint density at radius 1 is 1.13 bits per heavy atom.